The number of benzene rings is 1. The van der Waals surface area contributed by atoms with Crippen molar-refractivity contribution in [1.82, 2.24) is 14.1 Å². The van der Waals surface area contributed by atoms with Gasteiger partial charge in [-0.25, -0.2) is 8.42 Å². The highest BCUT2D eigenvalue weighted by Gasteiger charge is 2.31. The number of hydrogen-bond donors (Lipinski definition) is 1. The number of nitrogens with one attached hydrogen (secondary N) is 1. The molecule has 39 heavy (non-hydrogen) atoms. The number of unbranched alkanes of at least 4 members (excludes halogenated alkanes) is 2. The highest BCUT2D eigenvalue weighted by Crippen LogP contribution is 2.38. The third-order valence-electron chi connectivity index (χ3n) is 7.26. The van der Waals surface area contributed by atoms with Gasteiger partial charge in [-0.3, -0.25) is 9.59 Å². The molecule has 2 aliphatic heterocycles. The second kappa shape index (κ2) is 13.4. The minimum Gasteiger partial charge on any atom is -0.378 e. The maximum atomic E-state index is 13.6. The number of thiophene rings is 1. The third kappa shape index (κ3) is 6.89. The van der Waals surface area contributed by atoms with Crippen LogP contribution in [0.15, 0.2) is 29.2 Å². The van der Waals surface area contributed by atoms with Crippen LogP contribution in [0.4, 0.5) is 5.00 Å². The van der Waals surface area contributed by atoms with Crippen LogP contribution in [0.3, 0.4) is 0 Å². The maximum Gasteiger partial charge on any atom is 0.257 e. The molecule has 1 saturated heterocycles. The Labute approximate surface area is 236 Å². The minimum absolute atomic E-state index is 0.0728. The Hall–Kier alpha value is -2.31. The van der Waals surface area contributed by atoms with E-state index in [2.05, 4.69) is 10.2 Å². The Bertz CT molecular complexity index is 1250. The first kappa shape index (κ1) is 29.7. The van der Waals surface area contributed by atoms with Crippen molar-refractivity contribution in [2.75, 3.05) is 58.3 Å². The van der Waals surface area contributed by atoms with Gasteiger partial charge in [0.15, 0.2) is 0 Å². The quantitative estimate of drug-likeness (QED) is 0.433. The van der Waals surface area contributed by atoms with E-state index >= 15 is 0 Å². The van der Waals surface area contributed by atoms with Gasteiger partial charge in [0.25, 0.3) is 11.8 Å². The van der Waals surface area contributed by atoms with Crippen molar-refractivity contribution in [3.8, 4) is 0 Å². The summed E-state index contributed by atoms with van der Waals surface area (Å²) < 4.78 is 33.6. The van der Waals surface area contributed by atoms with Gasteiger partial charge in [0, 0.05) is 49.7 Å². The van der Waals surface area contributed by atoms with Gasteiger partial charge in [-0.15, -0.1) is 11.3 Å². The van der Waals surface area contributed by atoms with Gasteiger partial charge in [0.1, 0.15) is 5.00 Å². The lowest BCUT2D eigenvalue weighted by Crippen LogP contribution is -2.41. The number of fused-ring (bicyclic) bond motifs is 1. The normalized spacial score (nSPS) is 16.4. The summed E-state index contributed by atoms with van der Waals surface area (Å²) >= 11 is 1.45. The van der Waals surface area contributed by atoms with Gasteiger partial charge in [0.05, 0.1) is 23.7 Å². The van der Waals surface area contributed by atoms with E-state index in [4.69, 9.17) is 4.74 Å². The van der Waals surface area contributed by atoms with Gasteiger partial charge < -0.3 is 19.9 Å². The number of nitrogens with zero attached hydrogens (tertiary/aromatic N) is 3. The lowest BCUT2D eigenvalue weighted by Gasteiger charge is -2.28. The zero-order valence-electron chi connectivity index (χ0n) is 23.2. The van der Waals surface area contributed by atoms with Crippen molar-refractivity contribution >= 4 is 38.2 Å². The van der Waals surface area contributed by atoms with E-state index in [1.165, 1.54) is 23.5 Å². The topological polar surface area (TPSA) is 99.3 Å². The molecule has 214 valence electrons. The number of rotatable bonds is 11. The monoisotopic (exact) mass is 576 g/mol. The summed E-state index contributed by atoms with van der Waals surface area (Å²) in [5, 5.41) is 3.53. The second-order valence-electron chi connectivity index (χ2n) is 10.2. The van der Waals surface area contributed by atoms with E-state index in [0.29, 0.717) is 55.5 Å². The summed E-state index contributed by atoms with van der Waals surface area (Å²) in [5.74, 6) is -0.438. The smallest absolute Gasteiger partial charge is 0.257 e. The molecule has 1 aromatic heterocycles. The Balaban J connectivity index is 1.55. The van der Waals surface area contributed by atoms with E-state index in [1.807, 2.05) is 20.9 Å². The van der Waals surface area contributed by atoms with E-state index in [-0.39, 0.29) is 16.7 Å². The van der Waals surface area contributed by atoms with Gasteiger partial charge in [-0.2, -0.15) is 4.31 Å². The fourth-order valence-electron chi connectivity index (χ4n) is 4.89. The predicted octanol–water partition coefficient (Wildman–Crippen LogP) is 4.05. The number of carbonyl (C=O) groups excluding carboxylic acids is 2. The average Bonchev–Trinajstić information content (AvgIpc) is 3.29. The summed E-state index contributed by atoms with van der Waals surface area (Å²) in [4.78, 5) is 32.1. The molecule has 0 radical (unpaired) electrons. The lowest BCUT2D eigenvalue weighted by atomic mass is 10.0. The van der Waals surface area contributed by atoms with Crippen LogP contribution in [0.25, 0.3) is 0 Å². The average molecular weight is 577 g/mol. The summed E-state index contributed by atoms with van der Waals surface area (Å²) in [7, 11) is -1.60. The van der Waals surface area contributed by atoms with Crippen molar-refractivity contribution in [2.24, 2.45) is 0 Å². The van der Waals surface area contributed by atoms with Crippen molar-refractivity contribution in [3.05, 3.63) is 45.8 Å². The number of likely N-dealkylation sites (N-methyl/N-ethyl adjacent to an activating group) is 1. The number of amides is 2. The summed E-state index contributed by atoms with van der Waals surface area (Å²) in [6.07, 6.45) is 4.18. The molecule has 2 aliphatic rings. The second-order valence-corrected chi connectivity index (χ2v) is 13.2. The number of sulfonamides is 1. The molecule has 1 N–H and O–H groups in total. The molecule has 0 aliphatic carbocycles. The third-order valence-corrected chi connectivity index (χ3v) is 10.3. The van der Waals surface area contributed by atoms with Crippen LogP contribution in [-0.2, 0) is 27.7 Å². The summed E-state index contributed by atoms with van der Waals surface area (Å²) in [6, 6.07) is 6.10. The summed E-state index contributed by atoms with van der Waals surface area (Å²) in [5.41, 5.74) is 1.95. The molecule has 0 saturated carbocycles. The Kier molecular flexibility index (Phi) is 10.2. The van der Waals surface area contributed by atoms with E-state index in [9.17, 15) is 18.0 Å². The molecule has 4 rings (SSSR count). The summed E-state index contributed by atoms with van der Waals surface area (Å²) in [6.45, 7) is 8.71. The number of ether oxygens (including phenoxy) is 1. The van der Waals surface area contributed by atoms with Gasteiger partial charge in [0.2, 0.25) is 10.0 Å². The first-order valence-corrected chi connectivity index (χ1v) is 16.1. The number of anilines is 1. The highest BCUT2D eigenvalue weighted by molar-refractivity contribution is 7.89. The fraction of sp³-hybridized carbons (Fsp3) is 0.571. The molecular weight excluding hydrogens is 536 g/mol. The molecule has 2 aromatic rings. The van der Waals surface area contributed by atoms with Gasteiger partial charge in [-0.05, 0) is 56.1 Å². The van der Waals surface area contributed by atoms with Crippen LogP contribution in [-0.4, -0.2) is 87.3 Å². The molecule has 0 spiro atoms. The molecule has 0 bridgehead atoms. The lowest BCUT2D eigenvalue weighted by molar-refractivity contribution is 0.0303. The van der Waals surface area contributed by atoms with Crippen LogP contribution >= 0.6 is 11.3 Å². The van der Waals surface area contributed by atoms with Crippen molar-refractivity contribution < 1.29 is 22.7 Å². The fourth-order valence-corrected chi connectivity index (χ4v) is 7.73. The number of hydrogen-bond acceptors (Lipinski definition) is 7. The molecule has 11 heteroatoms. The van der Waals surface area contributed by atoms with Crippen molar-refractivity contribution in [2.45, 2.75) is 57.4 Å². The Morgan fingerprint density at radius 2 is 1.67 bits per heavy atom. The van der Waals surface area contributed by atoms with Gasteiger partial charge >= 0.3 is 0 Å². The van der Waals surface area contributed by atoms with Crippen LogP contribution in [0.5, 0.6) is 0 Å². The van der Waals surface area contributed by atoms with E-state index < -0.39 is 10.0 Å². The molecule has 2 amide bonds. The molecule has 1 aromatic carbocycles. The largest absolute Gasteiger partial charge is 0.378 e. The molecule has 3 heterocycles. The standard InChI is InChI=1S/C28H40N4O5S2/c1-4-6-13-32(14-7-5-2)39(35,36)22-10-8-21(9-11-22)26(33)29-27-25(28(34)31-16-18-37-19-17-31)23-12-15-30(3)20-24(23)38-27/h8-11H,4-7,12-20H2,1-3H3,(H,29,33). The Morgan fingerprint density at radius 3 is 2.28 bits per heavy atom. The first-order valence-electron chi connectivity index (χ1n) is 13.9. The molecule has 9 nitrogen and oxygen atoms in total. The molecule has 0 unspecified atom stereocenters. The van der Waals surface area contributed by atoms with Crippen molar-refractivity contribution in [3.63, 3.8) is 0 Å². The molecule has 0 atom stereocenters. The van der Waals surface area contributed by atoms with Crippen molar-refractivity contribution in [1.29, 1.82) is 0 Å². The van der Waals surface area contributed by atoms with Gasteiger partial charge in [-0.1, -0.05) is 26.7 Å². The van der Waals surface area contributed by atoms with Crippen LogP contribution < -0.4 is 5.32 Å². The first-order chi connectivity index (χ1) is 18.8. The van der Waals surface area contributed by atoms with E-state index in [1.54, 1.807) is 21.3 Å². The zero-order chi connectivity index (χ0) is 28.0. The minimum atomic E-state index is -3.65. The zero-order valence-corrected chi connectivity index (χ0v) is 24.8. The van der Waals surface area contributed by atoms with Crippen LogP contribution in [0.1, 0.15) is 70.7 Å². The molecule has 1 fully saturated rings. The van der Waals surface area contributed by atoms with E-state index in [0.717, 1.165) is 55.6 Å². The predicted molar refractivity (Wildman–Crippen MR) is 154 cm³/mol. The van der Waals surface area contributed by atoms with Crippen LogP contribution in [0, 0.1) is 0 Å². The number of morpholine rings is 1. The van der Waals surface area contributed by atoms with Crippen LogP contribution in [0.2, 0.25) is 0 Å². The Morgan fingerprint density at radius 1 is 1.03 bits per heavy atom. The SMILES string of the molecule is CCCCN(CCCC)S(=O)(=O)c1ccc(C(=O)Nc2sc3c(c2C(=O)N2CCOCC2)CCN(C)C3)cc1. The maximum absolute atomic E-state index is 13.6. The molecular formula is C28H40N4O5S2. The number of carbonyl (C=O) groups is 2. The highest BCUT2D eigenvalue weighted by atomic mass is 32.2.